The Bertz CT molecular complexity index is 1040. The Morgan fingerprint density at radius 1 is 1.23 bits per heavy atom. The molecule has 0 aliphatic carbocycles. The zero-order valence-corrected chi connectivity index (χ0v) is 13.8. The van der Waals surface area contributed by atoms with Crippen LogP contribution >= 0.6 is 0 Å². The van der Waals surface area contributed by atoms with Crippen LogP contribution in [0.2, 0.25) is 0 Å². The Morgan fingerprint density at radius 2 is 1.96 bits per heavy atom. The van der Waals surface area contributed by atoms with E-state index in [1.165, 1.54) is 6.92 Å². The monoisotopic (exact) mass is 350 g/mol. The van der Waals surface area contributed by atoms with Gasteiger partial charge in [-0.2, -0.15) is 9.94 Å². The number of carbonyl (C=O) groups excluding carboxylic acids is 1. The molecule has 3 aromatic rings. The highest BCUT2D eigenvalue weighted by Gasteiger charge is 2.17. The van der Waals surface area contributed by atoms with Crippen LogP contribution in [0.15, 0.2) is 53.3 Å². The Balaban J connectivity index is 1.63. The maximum atomic E-state index is 12.3. The highest BCUT2D eigenvalue weighted by atomic mass is 16.6. The molecular formula is C18H14N4O4. The van der Waals surface area contributed by atoms with Crippen LogP contribution in [0.5, 0.6) is 5.75 Å². The van der Waals surface area contributed by atoms with Crippen LogP contribution in [-0.2, 0) is 16.3 Å². The molecule has 0 aliphatic rings. The molecule has 0 unspecified atom stereocenters. The molecule has 1 atom stereocenters. The van der Waals surface area contributed by atoms with E-state index in [1.54, 1.807) is 48.5 Å². The standard InChI is InChI=1S/C18H14N4O4/c1-12(26-14-8-6-13(10-19)7-9-14)18(24)25-11-22-17(23)15-4-2-3-5-16(15)20-21-22/h2-9,12H,11H2,1H3/t12-/m0/s1. The van der Waals surface area contributed by atoms with Gasteiger partial charge in [-0.3, -0.25) is 4.79 Å². The van der Waals surface area contributed by atoms with Crippen molar-refractivity contribution < 1.29 is 14.3 Å². The van der Waals surface area contributed by atoms with E-state index in [0.717, 1.165) is 4.68 Å². The first-order valence-electron chi connectivity index (χ1n) is 7.74. The Hall–Kier alpha value is -3.73. The summed E-state index contributed by atoms with van der Waals surface area (Å²) < 4.78 is 11.5. The summed E-state index contributed by atoms with van der Waals surface area (Å²) in [7, 11) is 0. The lowest BCUT2D eigenvalue weighted by atomic mass is 10.2. The SMILES string of the molecule is C[C@H](Oc1ccc(C#N)cc1)C(=O)OCn1nnc2ccccc2c1=O. The number of benzene rings is 2. The van der Waals surface area contributed by atoms with Gasteiger partial charge in [-0.15, -0.1) is 5.10 Å². The molecule has 0 bridgehead atoms. The summed E-state index contributed by atoms with van der Waals surface area (Å²) in [5, 5.41) is 16.8. The lowest BCUT2D eigenvalue weighted by Crippen LogP contribution is -2.31. The third kappa shape index (κ3) is 3.67. The van der Waals surface area contributed by atoms with Crippen molar-refractivity contribution >= 4 is 16.9 Å². The van der Waals surface area contributed by atoms with Crippen LogP contribution in [0.4, 0.5) is 0 Å². The van der Waals surface area contributed by atoms with Gasteiger partial charge in [0.25, 0.3) is 5.56 Å². The molecule has 8 nitrogen and oxygen atoms in total. The normalized spacial score (nSPS) is 11.5. The second-order valence-corrected chi connectivity index (χ2v) is 5.40. The fourth-order valence-corrected chi connectivity index (χ4v) is 2.21. The fraction of sp³-hybridized carbons (Fsp3) is 0.167. The smallest absolute Gasteiger partial charge is 0.348 e. The minimum absolute atomic E-state index is 0.365. The van der Waals surface area contributed by atoms with Crippen molar-refractivity contribution in [1.82, 2.24) is 15.0 Å². The van der Waals surface area contributed by atoms with Crippen LogP contribution in [-0.4, -0.2) is 27.1 Å². The number of fused-ring (bicyclic) bond motifs is 1. The van der Waals surface area contributed by atoms with E-state index in [9.17, 15) is 9.59 Å². The number of hydrogen-bond donors (Lipinski definition) is 0. The van der Waals surface area contributed by atoms with Gasteiger partial charge in [-0.25, -0.2) is 4.79 Å². The molecule has 1 aromatic heterocycles. The highest BCUT2D eigenvalue weighted by Crippen LogP contribution is 2.14. The average molecular weight is 350 g/mol. The summed E-state index contributed by atoms with van der Waals surface area (Å²) in [6.45, 7) is 1.16. The molecule has 0 amide bonds. The number of ether oxygens (including phenoxy) is 2. The number of esters is 1. The molecule has 0 fully saturated rings. The third-order valence-electron chi connectivity index (χ3n) is 3.59. The van der Waals surface area contributed by atoms with E-state index in [0.29, 0.717) is 22.2 Å². The van der Waals surface area contributed by atoms with Crippen molar-refractivity contribution in [2.45, 2.75) is 19.8 Å². The van der Waals surface area contributed by atoms with Crippen LogP contribution in [0.1, 0.15) is 12.5 Å². The van der Waals surface area contributed by atoms with Crippen molar-refractivity contribution in [3.63, 3.8) is 0 Å². The summed E-state index contributed by atoms with van der Waals surface area (Å²) in [5.74, 6) is -0.229. The first-order chi connectivity index (χ1) is 12.6. The van der Waals surface area contributed by atoms with Crippen molar-refractivity contribution in [2.75, 3.05) is 0 Å². The van der Waals surface area contributed by atoms with Crippen molar-refractivity contribution in [3.8, 4) is 11.8 Å². The summed E-state index contributed by atoms with van der Waals surface area (Å²) in [6.07, 6.45) is -0.896. The van der Waals surface area contributed by atoms with Gasteiger partial charge in [0.2, 0.25) is 0 Å². The zero-order chi connectivity index (χ0) is 18.5. The number of nitrogens with zero attached hydrogens (tertiary/aromatic N) is 4. The predicted molar refractivity (Wildman–Crippen MR) is 91.1 cm³/mol. The molecule has 2 aromatic carbocycles. The van der Waals surface area contributed by atoms with E-state index in [2.05, 4.69) is 10.3 Å². The quantitative estimate of drug-likeness (QED) is 0.644. The fourth-order valence-electron chi connectivity index (χ4n) is 2.21. The number of hydrogen-bond acceptors (Lipinski definition) is 7. The summed E-state index contributed by atoms with van der Waals surface area (Å²) in [5.41, 5.74) is 0.559. The molecule has 0 saturated heterocycles. The van der Waals surface area contributed by atoms with Gasteiger partial charge >= 0.3 is 5.97 Å². The van der Waals surface area contributed by atoms with E-state index in [1.807, 2.05) is 6.07 Å². The minimum Gasteiger partial charge on any atom is -0.479 e. The second-order valence-electron chi connectivity index (χ2n) is 5.40. The van der Waals surface area contributed by atoms with Gasteiger partial charge in [0.15, 0.2) is 12.8 Å². The van der Waals surface area contributed by atoms with Crippen LogP contribution in [0.3, 0.4) is 0 Å². The molecule has 0 aliphatic heterocycles. The predicted octanol–water partition coefficient (Wildman–Crippen LogP) is 1.63. The van der Waals surface area contributed by atoms with Crippen molar-refractivity contribution in [1.29, 1.82) is 5.26 Å². The summed E-state index contributed by atoms with van der Waals surface area (Å²) in [4.78, 5) is 24.3. The van der Waals surface area contributed by atoms with Gasteiger partial charge in [-0.05, 0) is 43.3 Å². The van der Waals surface area contributed by atoms with Crippen LogP contribution in [0.25, 0.3) is 10.9 Å². The number of aromatic nitrogens is 3. The maximum Gasteiger partial charge on any atom is 0.348 e. The lowest BCUT2D eigenvalue weighted by molar-refractivity contribution is -0.155. The summed E-state index contributed by atoms with van der Waals surface area (Å²) >= 11 is 0. The van der Waals surface area contributed by atoms with E-state index < -0.39 is 17.6 Å². The van der Waals surface area contributed by atoms with Gasteiger partial charge in [0.05, 0.1) is 17.0 Å². The van der Waals surface area contributed by atoms with Crippen LogP contribution < -0.4 is 10.3 Å². The summed E-state index contributed by atoms with van der Waals surface area (Å²) in [6, 6.07) is 15.1. The molecule has 0 spiro atoms. The first kappa shape index (κ1) is 17.1. The van der Waals surface area contributed by atoms with Crippen molar-refractivity contribution in [3.05, 3.63) is 64.4 Å². The van der Waals surface area contributed by atoms with Crippen molar-refractivity contribution in [2.24, 2.45) is 0 Å². The van der Waals surface area contributed by atoms with Gasteiger partial charge in [-0.1, -0.05) is 17.3 Å². The molecule has 130 valence electrons. The van der Waals surface area contributed by atoms with Gasteiger partial charge in [0, 0.05) is 0 Å². The third-order valence-corrected chi connectivity index (χ3v) is 3.59. The topological polar surface area (TPSA) is 107 Å². The minimum atomic E-state index is -0.896. The van der Waals surface area contributed by atoms with Crippen LogP contribution in [0, 0.1) is 11.3 Å². The Labute approximate surface area is 148 Å². The molecule has 3 rings (SSSR count). The number of carbonyl (C=O) groups is 1. The molecule has 26 heavy (non-hydrogen) atoms. The Kier molecular flexibility index (Phi) is 4.90. The molecule has 1 heterocycles. The Morgan fingerprint density at radius 3 is 2.69 bits per heavy atom. The molecule has 0 radical (unpaired) electrons. The second kappa shape index (κ2) is 7.44. The average Bonchev–Trinajstić information content (AvgIpc) is 2.68. The van der Waals surface area contributed by atoms with E-state index >= 15 is 0 Å². The van der Waals surface area contributed by atoms with Gasteiger partial charge in [0.1, 0.15) is 11.3 Å². The largest absolute Gasteiger partial charge is 0.479 e. The number of rotatable bonds is 5. The van der Waals surface area contributed by atoms with E-state index in [4.69, 9.17) is 14.7 Å². The number of nitriles is 1. The molecule has 0 saturated carbocycles. The molecular weight excluding hydrogens is 336 g/mol. The lowest BCUT2D eigenvalue weighted by Gasteiger charge is -2.14. The molecule has 0 N–H and O–H groups in total. The molecule has 8 heteroatoms. The maximum absolute atomic E-state index is 12.3. The van der Waals surface area contributed by atoms with E-state index in [-0.39, 0.29) is 6.73 Å². The first-order valence-corrected chi connectivity index (χ1v) is 7.74. The van der Waals surface area contributed by atoms with Gasteiger partial charge < -0.3 is 9.47 Å². The zero-order valence-electron chi connectivity index (χ0n) is 13.8. The highest BCUT2D eigenvalue weighted by molar-refractivity contribution is 5.76.